The fraction of sp³-hybridized carbons (Fsp3) is 0.273. The van der Waals surface area contributed by atoms with Gasteiger partial charge in [-0.3, -0.25) is 14.9 Å². The molecule has 0 N–H and O–H groups in total. The monoisotopic (exact) mass is 347 g/mol. The van der Waals surface area contributed by atoms with E-state index in [0.29, 0.717) is 5.92 Å². The summed E-state index contributed by atoms with van der Waals surface area (Å²) in [7, 11) is 0. The Kier molecular flexibility index (Phi) is 5.02. The molecule has 1 aliphatic heterocycles. The third-order valence-corrected chi connectivity index (χ3v) is 4.99. The fourth-order valence-corrected chi connectivity index (χ4v) is 3.74. The largest absolute Gasteiger partial charge is 0.298 e. The Morgan fingerprint density at radius 2 is 1.73 bits per heavy atom. The highest BCUT2D eigenvalue weighted by Gasteiger charge is 2.25. The first-order valence-corrected chi connectivity index (χ1v) is 9.13. The Morgan fingerprint density at radius 1 is 0.962 bits per heavy atom. The standard InChI is InChI=1S/C22H22FN3/c23-20-10-8-18(9-11-20)21-22(25-13-12-24-21)19-7-4-14-26(16-19)15-17-5-2-1-3-6-17/h1-3,5-6,8-13,19H,4,7,14-16H2/t19-/m0/s1. The smallest absolute Gasteiger partial charge is 0.123 e. The van der Waals surface area contributed by atoms with Crippen LogP contribution in [-0.2, 0) is 6.54 Å². The van der Waals surface area contributed by atoms with Crippen LogP contribution in [0.4, 0.5) is 4.39 Å². The van der Waals surface area contributed by atoms with Crippen molar-refractivity contribution in [3.05, 3.63) is 84.1 Å². The van der Waals surface area contributed by atoms with Gasteiger partial charge < -0.3 is 0 Å². The highest BCUT2D eigenvalue weighted by Crippen LogP contribution is 2.32. The molecule has 1 atom stereocenters. The van der Waals surface area contributed by atoms with Gasteiger partial charge in [0.15, 0.2) is 0 Å². The van der Waals surface area contributed by atoms with Gasteiger partial charge in [0.25, 0.3) is 0 Å². The summed E-state index contributed by atoms with van der Waals surface area (Å²) >= 11 is 0. The van der Waals surface area contributed by atoms with E-state index < -0.39 is 0 Å². The highest BCUT2D eigenvalue weighted by atomic mass is 19.1. The van der Waals surface area contributed by atoms with Crippen LogP contribution in [0.2, 0.25) is 0 Å². The van der Waals surface area contributed by atoms with E-state index in [1.165, 1.54) is 17.7 Å². The molecule has 1 saturated heterocycles. The predicted molar refractivity (Wildman–Crippen MR) is 101 cm³/mol. The van der Waals surface area contributed by atoms with E-state index in [-0.39, 0.29) is 5.82 Å². The lowest BCUT2D eigenvalue weighted by atomic mass is 9.91. The molecule has 2 heterocycles. The van der Waals surface area contributed by atoms with Crippen LogP contribution in [-0.4, -0.2) is 28.0 Å². The van der Waals surface area contributed by atoms with Crippen molar-refractivity contribution in [1.82, 2.24) is 14.9 Å². The van der Waals surface area contributed by atoms with Crippen molar-refractivity contribution in [2.75, 3.05) is 13.1 Å². The molecule has 0 saturated carbocycles. The van der Waals surface area contributed by atoms with Crippen molar-refractivity contribution in [3.63, 3.8) is 0 Å². The van der Waals surface area contributed by atoms with E-state index in [1.54, 1.807) is 24.5 Å². The molecule has 4 heteroatoms. The SMILES string of the molecule is Fc1ccc(-c2nccnc2[C@H]2CCCN(Cc3ccccc3)C2)cc1. The van der Waals surface area contributed by atoms with Crippen LogP contribution in [0, 0.1) is 5.82 Å². The predicted octanol–water partition coefficient (Wildman–Crippen LogP) is 4.66. The third-order valence-electron chi connectivity index (χ3n) is 4.99. The number of aromatic nitrogens is 2. The summed E-state index contributed by atoms with van der Waals surface area (Å²) in [5, 5.41) is 0. The second-order valence-electron chi connectivity index (χ2n) is 6.86. The molecule has 1 aromatic heterocycles. The van der Waals surface area contributed by atoms with Gasteiger partial charge in [0, 0.05) is 37.0 Å². The normalized spacial score (nSPS) is 18.0. The van der Waals surface area contributed by atoms with Gasteiger partial charge in [-0.2, -0.15) is 0 Å². The number of benzene rings is 2. The van der Waals surface area contributed by atoms with Crippen LogP contribution in [0.5, 0.6) is 0 Å². The molecule has 1 fully saturated rings. The highest BCUT2D eigenvalue weighted by molar-refractivity contribution is 5.62. The number of rotatable bonds is 4. The molecular formula is C22H22FN3. The number of halogens is 1. The van der Waals surface area contributed by atoms with Gasteiger partial charge in [-0.05, 0) is 49.2 Å². The van der Waals surface area contributed by atoms with Gasteiger partial charge in [0.1, 0.15) is 5.82 Å². The summed E-state index contributed by atoms with van der Waals surface area (Å²) in [5.41, 5.74) is 4.16. The number of hydrogen-bond acceptors (Lipinski definition) is 3. The van der Waals surface area contributed by atoms with Crippen LogP contribution in [0.25, 0.3) is 11.3 Å². The summed E-state index contributed by atoms with van der Waals surface area (Å²) in [6.45, 7) is 3.04. The Balaban J connectivity index is 1.56. The second-order valence-corrected chi connectivity index (χ2v) is 6.86. The van der Waals surface area contributed by atoms with E-state index in [4.69, 9.17) is 0 Å². The molecule has 4 rings (SSSR count). The zero-order valence-corrected chi connectivity index (χ0v) is 14.7. The fourth-order valence-electron chi connectivity index (χ4n) is 3.74. The van der Waals surface area contributed by atoms with Crippen LogP contribution in [0.15, 0.2) is 67.0 Å². The lowest BCUT2D eigenvalue weighted by Gasteiger charge is -2.33. The lowest BCUT2D eigenvalue weighted by molar-refractivity contribution is 0.198. The van der Waals surface area contributed by atoms with Crippen molar-refractivity contribution in [2.24, 2.45) is 0 Å². The van der Waals surface area contributed by atoms with E-state index in [1.807, 2.05) is 0 Å². The zero-order chi connectivity index (χ0) is 17.8. The first kappa shape index (κ1) is 16.9. The maximum absolute atomic E-state index is 13.3. The molecule has 132 valence electrons. The summed E-state index contributed by atoms with van der Waals surface area (Å²) in [5.74, 6) is 0.118. The summed E-state index contributed by atoms with van der Waals surface area (Å²) in [6, 6.07) is 17.1. The Bertz CT molecular complexity index is 849. The van der Waals surface area contributed by atoms with E-state index in [2.05, 4.69) is 45.2 Å². The Labute approximate surface area is 153 Å². The average Bonchev–Trinajstić information content (AvgIpc) is 2.70. The zero-order valence-electron chi connectivity index (χ0n) is 14.7. The number of nitrogens with zero attached hydrogens (tertiary/aromatic N) is 3. The maximum Gasteiger partial charge on any atom is 0.123 e. The minimum absolute atomic E-state index is 0.231. The summed E-state index contributed by atoms with van der Waals surface area (Å²) < 4.78 is 13.3. The van der Waals surface area contributed by atoms with Crippen LogP contribution in [0.3, 0.4) is 0 Å². The van der Waals surface area contributed by atoms with Gasteiger partial charge >= 0.3 is 0 Å². The van der Waals surface area contributed by atoms with Crippen molar-refractivity contribution in [2.45, 2.75) is 25.3 Å². The quantitative estimate of drug-likeness (QED) is 0.687. The third kappa shape index (κ3) is 3.81. The Morgan fingerprint density at radius 3 is 2.54 bits per heavy atom. The maximum atomic E-state index is 13.3. The van der Waals surface area contributed by atoms with E-state index in [0.717, 1.165) is 49.4 Å². The molecule has 1 aliphatic rings. The summed E-state index contributed by atoms with van der Waals surface area (Å²) in [6.07, 6.45) is 5.74. The van der Waals surface area contributed by atoms with E-state index >= 15 is 0 Å². The molecule has 2 aromatic carbocycles. The molecule has 3 aromatic rings. The van der Waals surface area contributed by atoms with Gasteiger partial charge in [-0.25, -0.2) is 4.39 Å². The van der Waals surface area contributed by atoms with Gasteiger partial charge in [-0.1, -0.05) is 30.3 Å². The van der Waals surface area contributed by atoms with Crippen molar-refractivity contribution < 1.29 is 4.39 Å². The number of likely N-dealkylation sites (tertiary alicyclic amines) is 1. The van der Waals surface area contributed by atoms with Gasteiger partial charge in [0.05, 0.1) is 11.4 Å². The number of piperidine rings is 1. The van der Waals surface area contributed by atoms with Crippen LogP contribution in [0.1, 0.15) is 30.0 Å². The minimum Gasteiger partial charge on any atom is -0.298 e. The second kappa shape index (κ2) is 7.75. The van der Waals surface area contributed by atoms with Crippen molar-refractivity contribution in [3.8, 4) is 11.3 Å². The van der Waals surface area contributed by atoms with Crippen LogP contribution < -0.4 is 0 Å². The topological polar surface area (TPSA) is 29.0 Å². The lowest BCUT2D eigenvalue weighted by Crippen LogP contribution is -2.34. The van der Waals surface area contributed by atoms with Crippen molar-refractivity contribution >= 4 is 0 Å². The molecule has 0 amide bonds. The molecule has 0 spiro atoms. The molecule has 26 heavy (non-hydrogen) atoms. The van der Waals surface area contributed by atoms with Gasteiger partial charge in [-0.15, -0.1) is 0 Å². The Hall–Kier alpha value is -2.59. The molecule has 0 unspecified atom stereocenters. The molecule has 0 aliphatic carbocycles. The molecule has 0 radical (unpaired) electrons. The van der Waals surface area contributed by atoms with Gasteiger partial charge in [0.2, 0.25) is 0 Å². The van der Waals surface area contributed by atoms with Crippen molar-refractivity contribution in [1.29, 1.82) is 0 Å². The molecule has 0 bridgehead atoms. The molecule has 3 nitrogen and oxygen atoms in total. The average molecular weight is 347 g/mol. The van der Waals surface area contributed by atoms with Crippen LogP contribution >= 0.6 is 0 Å². The first-order chi connectivity index (χ1) is 12.8. The molecular weight excluding hydrogens is 325 g/mol. The summed E-state index contributed by atoms with van der Waals surface area (Å²) in [4.78, 5) is 11.7. The number of hydrogen-bond donors (Lipinski definition) is 0. The van der Waals surface area contributed by atoms with E-state index in [9.17, 15) is 4.39 Å². The first-order valence-electron chi connectivity index (χ1n) is 9.13. The minimum atomic E-state index is -0.231.